The molecule has 3 heteroatoms. The Hall–Kier alpha value is -7.46. The summed E-state index contributed by atoms with van der Waals surface area (Å²) >= 11 is 1.91. The third-order valence-corrected chi connectivity index (χ3v) is 15.8. The second-order valence-electron chi connectivity index (χ2n) is 17.7. The highest BCUT2D eigenvalue weighted by molar-refractivity contribution is 7.26. The van der Waals surface area contributed by atoms with Crippen LogP contribution in [-0.4, -0.2) is 0 Å². The van der Waals surface area contributed by atoms with E-state index in [2.05, 4.69) is 217 Å². The van der Waals surface area contributed by atoms with Gasteiger partial charge in [-0.15, -0.1) is 11.3 Å². The molecule has 10 aromatic rings. The summed E-state index contributed by atoms with van der Waals surface area (Å²) in [5.41, 5.74) is 18.2. The Morgan fingerprint density at radius 1 is 0.562 bits per heavy atom. The number of furan rings is 1. The Morgan fingerprint density at radius 3 is 2.17 bits per heavy atom. The topological polar surface area (TPSA) is 16.4 Å². The van der Waals surface area contributed by atoms with Gasteiger partial charge in [0.15, 0.2) is 0 Å². The van der Waals surface area contributed by atoms with E-state index < -0.39 is 5.41 Å². The van der Waals surface area contributed by atoms with Gasteiger partial charge in [0.05, 0.1) is 5.41 Å². The lowest BCUT2D eigenvalue weighted by Crippen LogP contribution is -2.39. The SMILES string of the molecule is C1=CC(N(C2=CC3C(C=C2)c2ccccc2-c2ccccc2C32c3ccccc3-c3c2ccc2sc4ccccc4c32)c2ccc3c(c2)oc2ccccc23)=C(c2ccccc2)CC1. The zero-order valence-electron chi connectivity index (χ0n) is 35.0. The van der Waals surface area contributed by atoms with E-state index in [0.717, 1.165) is 46.2 Å². The van der Waals surface area contributed by atoms with Gasteiger partial charge < -0.3 is 9.32 Å². The van der Waals surface area contributed by atoms with Gasteiger partial charge in [-0.3, -0.25) is 0 Å². The molecule has 2 aromatic heterocycles. The van der Waals surface area contributed by atoms with Gasteiger partial charge in [-0.1, -0.05) is 164 Å². The number of hydrogen-bond acceptors (Lipinski definition) is 3. The van der Waals surface area contributed by atoms with Crippen LogP contribution in [0.15, 0.2) is 228 Å². The van der Waals surface area contributed by atoms with Gasteiger partial charge in [0.2, 0.25) is 0 Å². The molecule has 0 bridgehead atoms. The number of allylic oxidation sites excluding steroid dienone is 6. The molecule has 0 radical (unpaired) electrons. The van der Waals surface area contributed by atoms with Crippen molar-refractivity contribution >= 4 is 64.7 Å². The molecule has 0 fully saturated rings. The third-order valence-electron chi connectivity index (χ3n) is 14.7. The van der Waals surface area contributed by atoms with E-state index in [1.54, 1.807) is 0 Å². The quantitative estimate of drug-likeness (QED) is 0.176. The van der Waals surface area contributed by atoms with Gasteiger partial charge in [0.25, 0.3) is 0 Å². The maximum atomic E-state index is 6.63. The lowest BCUT2D eigenvalue weighted by Gasteiger charge is -2.44. The first-order valence-electron chi connectivity index (χ1n) is 22.6. The van der Waals surface area contributed by atoms with Crippen LogP contribution in [0, 0.1) is 5.92 Å². The van der Waals surface area contributed by atoms with Crippen LogP contribution in [0.2, 0.25) is 0 Å². The summed E-state index contributed by atoms with van der Waals surface area (Å²) in [6.07, 6.45) is 14.3. The molecule has 4 aliphatic rings. The highest BCUT2D eigenvalue weighted by atomic mass is 32.1. The maximum absolute atomic E-state index is 6.63. The highest BCUT2D eigenvalue weighted by Crippen LogP contribution is 2.65. The molecular weight excluding hydrogens is 795 g/mol. The molecule has 4 aliphatic carbocycles. The number of benzene rings is 8. The van der Waals surface area contributed by atoms with Crippen LogP contribution >= 0.6 is 11.3 Å². The number of anilines is 1. The predicted octanol–water partition coefficient (Wildman–Crippen LogP) is 16.4. The minimum atomic E-state index is -0.521. The van der Waals surface area contributed by atoms with Gasteiger partial charge in [-0.25, -0.2) is 0 Å². The second kappa shape index (κ2) is 13.8. The summed E-state index contributed by atoms with van der Waals surface area (Å²) in [5.74, 6) is 0.0956. The van der Waals surface area contributed by atoms with Crippen molar-refractivity contribution in [1.29, 1.82) is 0 Å². The minimum Gasteiger partial charge on any atom is -0.456 e. The van der Waals surface area contributed by atoms with E-state index in [1.807, 2.05) is 11.3 Å². The summed E-state index contributed by atoms with van der Waals surface area (Å²) in [4.78, 5) is 2.53. The fraction of sp³-hybridized carbons (Fsp3) is 0.0820. The summed E-state index contributed by atoms with van der Waals surface area (Å²) in [5, 5.41) is 4.98. The molecule has 1 spiro atoms. The van der Waals surface area contributed by atoms with Gasteiger partial charge in [-0.05, 0) is 111 Å². The molecule has 64 heavy (non-hydrogen) atoms. The molecule has 3 unspecified atom stereocenters. The second-order valence-corrected chi connectivity index (χ2v) is 18.8. The number of rotatable bonds is 4. The Bertz CT molecular complexity index is 3710. The van der Waals surface area contributed by atoms with Gasteiger partial charge in [0, 0.05) is 65.9 Å². The van der Waals surface area contributed by atoms with Crippen LogP contribution in [0.1, 0.15) is 46.6 Å². The average Bonchev–Trinajstić information content (AvgIpc) is 4.00. The van der Waals surface area contributed by atoms with E-state index in [4.69, 9.17) is 4.42 Å². The van der Waals surface area contributed by atoms with Gasteiger partial charge >= 0.3 is 0 Å². The van der Waals surface area contributed by atoms with Crippen molar-refractivity contribution in [2.45, 2.75) is 24.2 Å². The normalized spacial score (nSPS) is 19.4. The van der Waals surface area contributed by atoms with Gasteiger partial charge in [0.1, 0.15) is 11.2 Å². The van der Waals surface area contributed by atoms with Crippen molar-refractivity contribution in [3.63, 3.8) is 0 Å². The average molecular weight is 836 g/mol. The molecule has 0 saturated heterocycles. The number of thiophene rings is 1. The minimum absolute atomic E-state index is 0.00725. The van der Waals surface area contributed by atoms with E-state index >= 15 is 0 Å². The Balaban J connectivity index is 1.09. The van der Waals surface area contributed by atoms with Crippen molar-refractivity contribution in [1.82, 2.24) is 0 Å². The fourth-order valence-corrected chi connectivity index (χ4v) is 13.2. The number of nitrogens with zero attached hydrogens (tertiary/aromatic N) is 1. The van der Waals surface area contributed by atoms with Crippen LogP contribution in [-0.2, 0) is 5.41 Å². The molecule has 3 atom stereocenters. The number of fused-ring (bicyclic) bond motifs is 19. The van der Waals surface area contributed by atoms with Crippen LogP contribution in [0.3, 0.4) is 0 Å². The molecule has 2 heterocycles. The van der Waals surface area contributed by atoms with Crippen LogP contribution in [0.4, 0.5) is 5.69 Å². The first-order chi connectivity index (χ1) is 31.8. The molecule has 0 aliphatic heterocycles. The Kier molecular flexibility index (Phi) is 7.76. The van der Waals surface area contributed by atoms with Gasteiger partial charge in [-0.2, -0.15) is 0 Å². The summed E-state index contributed by atoms with van der Waals surface area (Å²) in [7, 11) is 0. The van der Waals surface area contributed by atoms with E-state index in [-0.39, 0.29) is 11.8 Å². The van der Waals surface area contributed by atoms with E-state index in [0.29, 0.717) is 0 Å². The van der Waals surface area contributed by atoms with Crippen molar-refractivity contribution in [2.75, 3.05) is 4.90 Å². The monoisotopic (exact) mass is 835 g/mol. The van der Waals surface area contributed by atoms with Crippen LogP contribution in [0.5, 0.6) is 0 Å². The van der Waals surface area contributed by atoms with Crippen molar-refractivity contribution in [3.05, 3.63) is 252 Å². The highest BCUT2D eigenvalue weighted by Gasteiger charge is 2.55. The predicted molar refractivity (Wildman–Crippen MR) is 268 cm³/mol. The first-order valence-corrected chi connectivity index (χ1v) is 23.4. The standard InChI is InChI=1S/C61H41NOS/c1-2-16-38(17-3-1)41-18-8-13-27-54(41)62(40-31-33-47-46-22-9-14-28-55(46)63-56(47)37-40)39-30-32-45-43-20-5-4-19-42(43)44-21-6-11-25-50(44)61(53(45)36-39)51-26-12-7-23-48(51)59-52(61)34-35-58-60(59)49-24-10-15-29-57(49)64-58/h1-7,9-17,19-37,45,53H,8,18H2. The first kappa shape index (κ1) is 36.1. The van der Waals surface area contributed by atoms with Crippen molar-refractivity contribution in [3.8, 4) is 22.3 Å². The largest absolute Gasteiger partial charge is 0.456 e. The number of para-hydroxylation sites is 1. The summed E-state index contributed by atoms with van der Waals surface area (Å²) in [6, 6.07) is 68.0. The molecular formula is C61H41NOS. The molecule has 0 amide bonds. The molecule has 8 aromatic carbocycles. The van der Waals surface area contributed by atoms with Crippen LogP contribution < -0.4 is 4.90 Å². The molecule has 0 N–H and O–H groups in total. The van der Waals surface area contributed by atoms with Crippen molar-refractivity contribution in [2.24, 2.45) is 5.92 Å². The third kappa shape index (κ3) is 4.96. The van der Waals surface area contributed by atoms with E-state index in [1.165, 1.54) is 81.5 Å². The number of hydrogen-bond donors (Lipinski definition) is 0. The zero-order valence-corrected chi connectivity index (χ0v) is 35.9. The lowest BCUT2D eigenvalue weighted by atomic mass is 9.59. The zero-order chi connectivity index (χ0) is 41.9. The molecule has 0 saturated carbocycles. The fourth-order valence-electron chi connectivity index (χ4n) is 12.1. The van der Waals surface area contributed by atoms with Crippen molar-refractivity contribution < 1.29 is 4.42 Å². The maximum Gasteiger partial charge on any atom is 0.137 e. The summed E-state index contributed by atoms with van der Waals surface area (Å²) < 4.78 is 9.30. The summed E-state index contributed by atoms with van der Waals surface area (Å²) in [6.45, 7) is 0. The van der Waals surface area contributed by atoms with Crippen LogP contribution in [0.25, 0.3) is 69.9 Å². The van der Waals surface area contributed by atoms with E-state index in [9.17, 15) is 0 Å². The molecule has 302 valence electrons. The molecule has 14 rings (SSSR count). The smallest absolute Gasteiger partial charge is 0.137 e. The lowest BCUT2D eigenvalue weighted by molar-refractivity contribution is 0.420. The Labute approximate surface area is 376 Å². The molecule has 2 nitrogen and oxygen atoms in total. The Morgan fingerprint density at radius 2 is 1.28 bits per heavy atom.